The first-order valence-corrected chi connectivity index (χ1v) is 5.82. The molecule has 0 heterocycles. The Morgan fingerprint density at radius 1 is 1.26 bits per heavy atom. The van der Waals surface area contributed by atoms with E-state index in [2.05, 4.69) is 4.74 Å². The largest absolute Gasteiger partial charge is 0.460 e. The molecular weight excluding hydrogens is 258 g/mol. The molecule has 0 aliphatic rings. The highest BCUT2D eigenvalue weighted by molar-refractivity contribution is 5.89. The zero-order chi connectivity index (χ0) is 14.3. The highest BCUT2D eigenvalue weighted by Crippen LogP contribution is 2.16. The second kappa shape index (κ2) is 7.68. The molecule has 0 saturated heterocycles. The van der Waals surface area contributed by atoms with Crippen LogP contribution in [0.25, 0.3) is 0 Å². The van der Waals surface area contributed by atoms with Crippen molar-refractivity contribution >= 4 is 5.97 Å². The molecule has 0 aliphatic carbocycles. The molecule has 4 nitrogen and oxygen atoms in total. The first-order valence-electron chi connectivity index (χ1n) is 5.82. The monoisotopic (exact) mass is 274 g/mol. The molecule has 1 aromatic rings. The third-order valence-corrected chi connectivity index (χ3v) is 2.06. The van der Waals surface area contributed by atoms with Crippen molar-refractivity contribution < 1.29 is 27.8 Å². The molecule has 106 valence electrons. The van der Waals surface area contributed by atoms with Gasteiger partial charge in [0, 0.05) is 0 Å². The fraction of sp³-hybridized carbons (Fsp3) is 0.462. The lowest BCUT2D eigenvalue weighted by Crippen LogP contribution is -2.13. The number of hydrogen-bond donors (Lipinski definition) is 0. The molecule has 0 atom stereocenters. The summed E-state index contributed by atoms with van der Waals surface area (Å²) >= 11 is 0. The Morgan fingerprint density at radius 2 is 2.00 bits per heavy atom. The summed E-state index contributed by atoms with van der Waals surface area (Å²) < 4.78 is 38.4. The predicted octanol–water partition coefficient (Wildman–Crippen LogP) is 2.87. The highest BCUT2D eigenvalue weighted by Gasteiger charge is 2.10. The average Bonchev–Trinajstić information content (AvgIpc) is 2.33. The summed E-state index contributed by atoms with van der Waals surface area (Å²) in [6.45, 7) is 1.21. The second-order valence-corrected chi connectivity index (χ2v) is 3.96. The maximum absolute atomic E-state index is 12.0. The standard InChI is InChI=1S/C13H16F2O4/c1-9(2)17-6-7-18-12(16)10-4-3-5-11(8-10)19-13(14)15/h3-5,8-9,13H,6-7H2,1-2H3. The molecule has 6 heteroatoms. The number of carbonyl (C=O) groups excluding carboxylic acids is 1. The van der Waals surface area contributed by atoms with E-state index in [9.17, 15) is 13.6 Å². The zero-order valence-corrected chi connectivity index (χ0v) is 10.8. The van der Waals surface area contributed by atoms with E-state index in [-0.39, 0.29) is 30.6 Å². The molecule has 0 unspecified atom stereocenters. The van der Waals surface area contributed by atoms with Crippen molar-refractivity contribution in [2.75, 3.05) is 13.2 Å². The van der Waals surface area contributed by atoms with Gasteiger partial charge in [0.05, 0.1) is 18.3 Å². The summed E-state index contributed by atoms with van der Waals surface area (Å²) in [5.41, 5.74) is 0.155. The van der Waals surface area contributed by atoms with Crippen LogP contribution >= 0.6 is 0 Å². The van der Waals surface area contributed by atoms with E-state index >= 15 is 0 Å². The number of carbonyl (C=O) groups is 1. The maximum atomic E-state index is 12.0. The van der Waals surface area contributed by atoms with Crippen LogP contribution < -0.4 is 4.74 Å². The van der Waals surface area contributed by atoms with E-state index in [0.717, 1.165) is 0 Å². The lowest BCUT2D eigenvalue weighted by molar-refractivity contribution is -0.0499. The van der Waals surface area contributed by atoms with Crippen molar-refractivity contribution in [3.63, 3.8) is 0 Å². The number of halogens is 2. The van der Waals surface area contributed by atoms with Crippen LogP contribution in [0.15, 0.2) is 24.3 Å². The Labute approximate surface area is 110 Å². The number of hydrogen-bond acceptors (Lipinski definition) is 4. The van der Waals surface area contributed by atoms with Gasteiger partial charge in [-0.2, -0.15) is 8.78 Å². The number of esters is 1. The summed E-state index contributed by atoms with van der Waals surface area (Å²) in [6.07, 6.45) is 0.0569. The van der Waals surface area contributed by atoms with Gasteiger partial charge in [-0.1, -0.05) is 6.07 Å². The number of rotatable bonds is 7. The Kier molecular flexibility index (Phi) is 6.21. The molecular formula is C13H16F2O4. The Hall–Kier alpha value is -1.69. The van der Waals surface area contributed by atoms with Crippen molar-refractivity contribution in [2.45, 2.75) is 26.6 Å². The van der Waals surface area contributed by atoms with Gasteiger partial charge in [-0.15, -0.1) is 0 Å². The van der Waals surface area contributed by atoms with Gasteiger partial charge in [-0.05, 0) is 32.0 Å². The minimum atomic E-state index is -2.93. The van der Waals surface area contributed by atoms with Crippen LogP contribution in [-0.4, -0.2) is 31.9 Å². The normalized spacial score (nSPS) is 10.8. The fourth-order valence-electron chi connectivity index (χ4n) is 1.30. The molecule has 0 spiro atoms. The van der Waals surface area contributed by atoms with Gasteiger partial charge >= 0.3 is 12.6 Å². The topological polar surface area (TPSA) is 44.8 Å². The molecule has 0 radical (unpaired) electrons. The predicted molar refractivity (Wildman–Crippen MR) is 64.4 cm³/mol. The average molecular weight is 274 g/mol. The van der Waals surface area contributed by atoms with Gasteiger partial charge in [0.15, 0.2) is 0 Å². The van der Waals surface area contributed by atoms with Crippen LogP contribution in [0.5, 0.6) is 5.75 Å². The third kappa shape index (κ3) is 6.15. The van der Waals surface area contributed by atoms with Crippen molar-refractivity contribution in [1.29, 1.82) is 0 Å². The number of benzene rings is 1. The lowest BCUT2D eigenvalue weighted by atomic mass is 10.2. The minimum Gasteiger partial charge on any atom is -0.460 e. The van der Waals surface area contributed by atoms with E-state index in [0.29, 0.717) is 0 Å². The first kappa shape index (κ1) is 15.4. The molecule has 0 amide bonds. The Bertz CT molecular complexity index is 407. The molecule has 0 aromatic heterocycles. The first-order chi connectivity index (χ1) is 8.99. The molecule has 1 aromatic carbocycles. The van der Waals surface area contributed by atoms with Crippen molar-refractivity contribution in [2.24, 2.45) is 0 Å². The van der Waals surface area contributed by atoms with Crippen LogP contribution in [0.2, 0.25) is 0 Å². The van der Waals surface area contributed by atoms with E-state index in [4.69, 9.17) is 9.47 Å². The SMILES string of the molecule is CC(C)OCCOC(=O)c1cccc(OC(F)F)c1. The van der Waals surface area contributed by atoms with Crippen LogP contribution in [-0.2, 0) is 9.47 Å². The molecule has 0 N–H and O–H groups in total. The van der Waals surface area contributed by atoms with E-state index in [1.165, 1.54) is 24.3 Å². The van der Waals surface area contributed by atoms with Crippen molar-refractivity contribution in [3.8, 4) is 5.75 Å². The Morgan fingerprint density at radius 3 is 2.63 bits per heavy atom. The van der Waals surface area contributed by atoms with Gasteiger partial charge in [-0.25, -0.2) is 4.79 Å². The van der Waals surface area contributed by atoms with Crippen LogP contribution in [0, 0.1) is 0 Å². The Balaban J connectivity index is 2.47. The van der Waals surface area contributed by atoms with Crippen molar-refractivity contribution in [1.82, 2.24) is 0 Å². The molecule has 0 saturated carbocycles. The van der Waals surface area contributed by atoms with Gasteiger partial charge < -0.3 is 14.2 Å². The summed E-state index contributed by atoms with van der Waals surface area (Å²) in [5, 5.41) is 0. The van der Waals surface area contributed by atoms with Crippen LogP contribution in [0.3, 0.4) is 0 Å². The van der Waals surface area contributed by atoms with Crippen LogP contribution in [0.4, 0.5) is 8.78 Å². The van der Waals surface area contributed by atoms with E-state index in [1.54, 1.807) is 0 Å². The summed E-state index contributed by atoms with van der Waals surface area (Å²) in [7, 11) is 0. The number of alkyl halides is 2. The van der Waals surface area contributed by atoms with Crippen LogP contribution in [0.1, 0.15) is 24.2 Å². The minimum absolute atomic E-state index is 0.0569. The summed E-state index contributed by atoms with van der Waals surface area (Å²) in [4.78, 5) is 11.6. The zero-order valence-electron chi connectivity index (χ0n) is 10.8. The summed E-state index contributed by atoms with van der Waals surface area (Å²) in [6, 6.07) is 5.45. The fourth-order valence-corrected chi connectivity index (χ4v) is 1.30. The summed E-state index contributed by atoms with van der Waals surface area (Å²) in [5.74, 6) is -0.685. The molecule has 1 rings (SSSR count). The number of ether oxygens (including phenoxy) is 3. The second-order valence-electron chi connectivity index (χ2n) is 3.96. The lowest BCUT2D eigenvalue weighted by Gasteiger charge is -2.09. The highest BCUT2D eigenvalue weighted by atomic mass is 19.3. The van der Waals surface area contributed by atoms with Gasteiger partial charge in [0.25, 0.3) is 0 Å². The van der Waals surface area contributed by atoms with Gasteiger partial charge in [-0.3, -0.25) is 0 Å². The van der Waals surface area contributed by atoms with Gasteiger partial charge in [0.2, 0.25) is 0 Å². The van der Waals surface area contributed by atoms with Crippen molar-refractivity contribution in [3.05, 3.63) is 29.8 Å². The molecule has 19 heavy (non-hydrogen) atoms. The third-order valence-electron chi connectivity index (χ3n) is 2.06. The van der Waals surface area contributed by atoms with Gasteiger partial charge in [0.1, 0.15) is 12.4 Å². The molecule has 0 fully saturated rings. The maximum Gasteiger partial charge on any atom is 0.387 e. The molecule has 0 bridgehead atoms. The molecule has 0 aliphatic heterocycles. The smallest absolute Gasteiger partial charge is 0.387 e. The van der Waals surface area contributed by atoms with E-state index in [1.807, 2.05) is 13.8 Å². The quantitative estimate of drug-likeness (QED) is 0.566. The van der Waals surface area contributed by atoms with E-state index < -0.39 is 12.6 Å².